The second-order valence-electron chi connectivity index (χ2n) is 5.85. The molecule has 2 aromatic rings. The molecule has 0 spiro atoms. The molecule has 0 heterocycles. The number of aliphatic hydroxyl groups is 1. The van der Waals surface area contributed by atoms with Crippen molar-refractivity contribution >= 4 is 39.1 Å². The molecule has 0 fully saturated rings. The molecule has 0 aliphatic rings. The SMILES string of the molecule is O=C(CN(Cc1c(F)cccc1Cl)S(=O)(=O)c1ccc(Cl)cc1)NCCCO. The van der Waals surface area contributed by atoms with Gasteiger partial charge in [-0.1, -0.05) is 29.3 Å². The van der Waals surface area contributed by atoms with E-state index in [1.54, 1.807) is 0 Å². The molecule has 152 valence electrons. The van der Waals surface area contributed by atoms with Gasteiger partial charge in [-0.3, -0.25) is 4.79 Å². The smallest absolute Gasteiger partial charge is 0.243 e. The topological polar surface area (TPSA) is 86.7 Å². The Hall–Kier alpha value is -1.71. The van der Waals surface area contributed by atoms with Gasteiger partial charge in [0.2, 0.25) is 15.9 Å². The van der Waals surface area contributed by atoms with E-state index in [4.69, 9.17) is 28.3 Å². The van der Waals surface area contributed by atoms with E-state index in [1.807, 2.05) is 0 Å². The molecule has 0 bridgehead atoms. The number of carbonyl (C=O) groups is 1. The minimum atomic E-state index is -4.14. The summed E-state index contributed by atoms with van der Waals surface area (Å²) in [7, 11) is -4.14. The number of benzene rings is 2. The summed E-state index contributed by atoms with van der Waals surface area (Å²) >= 11 is 11.8. The summed E-state index contributed by atoms with van der Waals surface area (Å²) in [4.78, 5) is 12.1. The van der Waals surface area contributed by atoms with E-state index in [0.717, 1.165) is 10.4 Å². The van der Waals surface area contributed by atoms with Crippen LogP contribution in [0.1, 0.15) is 12.0 Å². The molecule has 0 unspecified atom stereocenters. The molecule has 0 aromatic heterocycles. The van der Waals surface area contributed by atoms with Crippen LogP contribution in [0.2, 0.25) is 10.0 Å². The van der Waals surface area contributed by atoms with Gasteiger partial charge in [-0.15, -0.1) is 0 Å². The minimum Gasteiger partial charge on any atom is -0.396 e. The van der Waals surface area contributed by atoms with Gasteiger partial charge in [-0.05, 0) is 42.8 Å². The summed E-state index contributed by atoms with van der Waals surface area (Å²) in [6.07, 6.45) is 0.328. The highest BCUT2D eigenvalue weighted by Gasteiger charge is 2.28. The molecule has 0 saturated carbocycles. The fourth-order valence-electron chi connectivity index (χ4n) is 2.36. The molecule has 0 saturated heterocycles. The Morgan fingerprint density at radius 1 is 1.14 bits per heavy atom. The molecular weight excluding hydrogens is 430 g/mol. The van der Waals surface area contributed by atoms with E-state index in [1.165, 1.54) is 36.4 Å². The third-order valence-electron chi connectivity index (χ3n) is 3.82. The first-order valence-electron chi connectivity index (χ1n) is 8.32. The van der Waals surface area contributed by atoms with E-state index in [2.05, 4.69) is 5.32 Å². The number of rotatable bonds is 9. The Bertz CT molecular complexity index is 903. The fraction of sp³-hybridized carbons (Fsp3) is 0.278. The fourth-order valence-corrected chi connectivity index (χ4v) is 4.08. The van der Waals surface area contributed by atoms with Crippen molar-refractivity contribution in [3.63, 3.8) is 0 Å². The van der Waals surface area contributed by atoms with Crippen molar-refractivity contribution in [3.05, 3.63) is 63.9 Å². The summed E-state index contributed by atoms with van der Waals surface area (Å²) in [5, 5.41) is 11.7. The average Bonchev–Trinajstić information content (AvgIpc) is 2.64. The molecule has 0 atom stereocenters. The zero-order valence-electron chi connectivity index (χ0n) is 14.7. The first kappa shape index (κ1) is 22.6. The molecule has 2 aromatic carbocycles. The van der Waals surface area contributed by atoms with Gasteiger partial charge in [0.15, 0.2) is 0 Å². The largest absolute Gasteiger partial charge is 0.396 e. The first-order valence-corrected chi connectivity index (χ1v) is 10.5. The number of amides is 1. The van der Waals surface area contributed by atoms with Crippen LogP contribution in [0.5, 0.6) is 0 Å². The van der Waals surface area contributed by atoms with E-state index in [9.17, 15) is 17.6 Å². The lowest BCUT2D eigenvalue weighted by molar-refractivity contribution is -0.121. The van der Waals surface area contributed by atoms with Crippen LogP contribution in [0.25, 0.3) is 0 Å². The normalized spacial score (nSPS) is 11.6. The lowest BCUT2D eigenvalue weighted by Crippen LogP contribution is -2.40. The minimum absolute atomic E-state index is 0.0372. The number of aliphatic hydroxyl groups excluding tert-OH is 1. The number of hydrogen-bond donors (Lipinski definition) is 2. The molecule has 2 N–H and O–H groups in total. The highest BCUT2D eigenvalue weighted by Crippen LogP contribution is 2.25. The summed E-state index contributed by atoms with van der Waals surface area (Å²) in [6.45, 7) is -0.895. The van der Waals surface area contributed by atoms with Crippen LogP contribution >= 0.6 is 23.2 Å². The van der Waals surface area contributed by atoms with Gasteiger partial charge in [0.1, 0.15) is 5.82 Å². The molecule has 0 radical (unpaired) electrons. The zero-order chi connectivity index (χ0) is 20.7. The van der Waals surface area contributed by atoms with Crippen LogP contribution < -0.4 is 5.32 Å². The molecule has 6 nitrogen and oxygen atoms in total. The molecular formula is C18H19Cl2FN2O4S. The summed E-state index contributed by atoms with van der Waals surface area (Å²) < 4.78 is 41.1. The van der Waals surface area contributed by atoms with Gasteiger partial charge < -0.3 is 10.4 Å². The lowest BCUT2D eigenvalue weighted by atomic mass is 10.2. The summed E-state index contributed by atoms with van der Waals surface area (Å²) in [5.41, 5.74) is -0.0372. The maximum Gasteiger partial charge on any atom is 0.243 e. The monoisotopic (exact) mass is 448 g/mol. The van der Waals surface area contributed by atoms with E-state index in [-0.39, 0.29) is 28.6 Å². The number of carbonyl (C=O) groups excluding carboxylic acids is 1. The summed E-state index contributed by atoms with van der Waals surface area (Å²) in [5.74, 6) is -1.26. The van der Waals surface area contributed by atoms with Crippen LogP contribution in [-0.4, -0.2) is 43.4 Å². The predicted molar refractivity (Wildman–Crippen MR) is 105 cm³/mol. The van der Waals surface area contributed by atoms with Gasteiger partial charge in [0.05, 0.1) is 11.4 Å². The predicted octanol–water partition coefficient (Wildman–Crippen LogP) is 2.82. The maximum atomic E-state index is 14.2. The molecule has 10 heteroatoms. The Kier molecular flexibility index (Phi) is 8.21. The number of sulfonamides is 1. The second-order valence-corrected chi connectivity index (χ2v) is 8.64. The van der Waals surface area contributed by atoms with E-state index < -0.39 is 34.8 Å². The van der Waals surface area contributed by atoms with Gasteiger partial charge in [-0.25, -0.2) is 12.8 Å². The van der Waals surface area contributed by atoms with Crippen molar-refractivity contribution in [1.29, 1.82) is 0 Å². The summed E-state index contributed by atoms with van der Waals surface area (Å²) in [6, 6.07) is 9.42. The van der Waals surface area contributed by atoms with Gasteiger partial charge in [0.25, 0.3) is 0 Å². The van der Waals surface area contributed by atoms with Crippen LogP contribution in [0.4, 0.5) is 4.39 Å². The molecule has 28 heavy (non-hydrogen) atoms. The van der Waals surface area contributed by atoms with E-state index in [0.29, 0.717) is 11.4 Å². The Balaban J connectivity index is 2.35. The zero-order valence-corrected chi connectivity index (χ0v) is 17.1. The number of halogens is 3. The van der Waals surface area contributed by atoms with Crippen molar-refractivity contribution in [2.45, 2.75) is 17.9 Å². The Morgan fingerprint density at radius 2 is 1.82 bits per heavy atom. The first-order chi connectivity index (χ1) is 13.3. The molecule has 1 amide bonds. The van der Waals surface area contributed by atoms with Crippen LogP contribution in [-0.2, 0) is 21.4 Å². The van der Waals surface area contributed by atoms with Crippen molar-refractivity contribution in [2.75, 3.05) is 19.7 Å². The Morgan fingerprint density at radius 3 is 2.43 bits per heavy atom. The van der Waals surface area contributed by atoms with Gasteiger partial charge in [-0.2, -0.15) is 4.31 Å². The van der Waals surface area contributed by atoms with Crippen LogP contribution in [0.15, 0.2) is 47.4 Å². The van der Waals surface area contributed by atoms with Crippen molar-refractivity contribution in [2.24, 2.45) is 0 Å². The highest BCUT2D eigenvalue weighted by molar-refractivity contribution is 7.89. The third kappa shape index (κ3) is 5.89. The van der Waals surface area contributed by atoms with Crippen LogP contribution in [0, 0.1) is 5.82 Å². The third-order valence-corrected chi connectivity index (χ3v) is 6.24. The van der Waals surface area contributed by atoms with Crippen LogP contribution in [0.3, 0.4) is 0 Å². The van der Waals surface area contributed by atoms with Crippen molar-refractivity contribution in [1.82, 2.24) is 9.62 Å². The Labute approximate surface area is 172 Å². The highest BCUT2D eigenvalue weighted by atomic mass is 35.5. The molecule has 0 aliphatic carbocycles. The quantitative estimate of drug-likeness (QED) is 0.577. The van der Waals surface area contributed by atoms with E-state index >= 15 is 0 Å². The number of nitrogens with one attached hydrogen (secondary N) is 1. The second kappa shape index (κ2) is 10.2. The maximum absolute atomic E-state index is 14.2. The molecule has 0 aliphatic heterocycles. The lowest BCUT2D eigenvalue weighted by Gasteiger charge is -2.22. The van der Waals surface area contributed by atoms with Crippen molar-refractivity contribution in [3.8, 4) is 0 Å². The van der Waals surface area contributed by atoms with Crippen molar-refractivity contribution < 1.29 is 22.7 Å². The number of nitrogens with zero attached hydrogens (tertiary/aromatic N) is 1. The standard InChI is InChI=1S/C18H19Cl2FN2O4S/c19-13-5-7-14(8-6-13)28(26,27)23(12-18(25)22-9-2-10-24)11-15-16(20)3-1-4-17(15)21/h1,3-8,24H,2,9-12H2,(H,22,25). The number of hydrogen-bond acceptors (Lipinski definition) is 4. The van der Waals surface area contributed by atoms with Gasteiger partial charge in [0, 0.05) is 35.3 Å². The molecule has 2 rings (SSSR count). The van der Waals surface area contributed by atoms with Gasteiger partial charge >= 0.3 is 0 Å². The average molecular weight is 449 g/mol.